The first-order valence-corrected chi connectivity index (χ1v) is 9.16. The van der Waals surface area contributed by atoms with E-state index >= 15 is 0 Å². The molecule has 29 heavy (non-hydrogen) atoms. The van der Waals surface area contributed by atoms with Crippen molar-refractivity contribution in [3.05, 3.63) is 54.1 Å². The second-order valence-electron chi connectivity index (χ2n) is 6.60. The van der Waals surface area contributed by atoms with Gasteiger partial charge in [-0.15, -0.1) is 0 Å². The zero-order valence-electron chi connectivity index (χ0n) is 16.5. The third kappa shape index (κ3) is 3.87. The number of rotatable bonds is 7. The van der Waals surface area contributed by atoms with E-state index in [0.717, 1.165) is 4.90 Å². The van der Waals surface area contributed by atoms with Gasteiger partial charge in [0.25, 0.3) is 5.91 Å². The third-order valence-corrected chi connectivity index (χ3v) is 4.91. The Balaban J connectivity index is 1.77. The summed E-state index contributed by atoms with van der Waals surface area (Å²) in [6, 6.07) is 13.3. The van der Waals surface area contributed by atoms with Gasteiger partial charge in [0, 0.05) is 23.9 Å². The normalized spacial score (nSPS) is 18.4. The summed E-state index contributed by atoms with van der Waals surface area (Å²) in [6.45, 7) is 1.41. The number of nitrogens with one attached hydrogen (secondary N) is 2. The number of hydrogen-bond donors (Lipinski definition) is 2. The molecule has 2 aromatic rings. The highest BCUT2D eigenvalue weighted by Crippen LogP contribution is 2.32. The van der Waals surface area contributed by atoms with Gasteiger partial charge in [-0.05, 0) is 12.0 Å². The van der Waals surface area contributed by atoms with Crippen LogP contribution in [0.4, 0.5) is 10.5 Å². The van der Waals surface area contributed by atoms with E-state index in [0.29, 0.717) is 29.2 Å². The molecule has 1 unspecified atom stereocenters. The molecular weight excluding hydrogens is 374 g/mol. The molecule has 0 aromatic heterocycles. The maximum Gasteiger partial charge on any atom is 0.325 e. The Morgan fingerprint density at radius 1 is 1.07 bits per heavy atom. The number of imide groups is 1. The van der Waals surface area contributed by atoms with Gasteiger partial charge < -0.3 is 20.1 Å². The van der Waals surface area contributed by atoms with Crippen LogP contribution in [-0.4, -0.2) is 43.5 Å². The van der Waals surface area contributed by atoms with Crippen molar-refractivity contribution in [1.82, 2.24) is 10.2 Å². The van der Waals surface area contributed by atoms with E-state index in [9.17, 15) is 14.4 Å². The van der Waals surface area contributed by atoms with Crippen LogP contribution in [0.5, 0.6) is 11.5 Å². The van der Waals surface area contributed by atoms with E-state index in [2.05, 4.69) is 10.6 Å². The van der Waals surface area contributed by atoms with E-state index in [1.807, 2.05) is 13.0 Å². The molecular formula is C21H23N3O5. The highest BCUT2D eigenvalue weighted by Gasteiger charge is 2.51. The minimum Gasteiger partial charge on any atom is -0.497 e. The number of urea groups is 1. The molecule has 0 radical (unpaired) electrons. The molecule has 1 atom stereocenters. The zero-order chi connectivity index (χ0) is 21.0. The second-order valence-corrected chi connectivity index (χ2v) is 6.60. The second kappa shape index (κ2) is 8.22. The summed E-state index contributed by atoms with van der Waals surface area (Å²) in [7, 11) is 3.00. The molecule has 8 nitrogen and oxygen atoms in total. The Morgan fingerprint density at radius 2 is 1.69 bits per heavy atom. The SMILES string of the molecule is CCC1(c2ccccc2)NC(=O)N(CC(=O)Nc2cc(OC)cc(OC)c2)C1=O. The minimum atomic E-state index is -1.17. The first-order chi connectivity index (χ1) is 13.9. The van der Waals surface area contributed by atoms with Gasteiger partial charge in [0.1, 0.15) is 23.6 Å². The van der Waals surface area contributed by atoms with Crippen LogP contribution in [0.1, 0.15) is 18.9 Å². The highest BCUT2D eigenvalue weighted by atomic mass is 16.5. The number of carbonyl (C=O) groups is 3. The van der Waals surface area contributed by atoms with Gasteiger partial charge in [-0.2, -0.15) is 0 Å². The van der Waals surface area contributed by atoms with Crippen molar-refractivity contribution in [2.45, 2.75) is 18.9 Å². The standard InChI is InChI=1S/C21H23N3O5/c1-4-21(14-8-6-5-7-9-14)19(26)24(20(27)23-21)13-18(25)22-15-10-16(28-2)12-17(11-15)29-3/h5-12H,4,13H2,1-3H3,(H,22,25)(H,23,27). The summed E-state index contributed by atoms with van der Waals surface area (Å²) in [5, 5.41) is 5.43. The van der Waals surface area contributed by atoms with Crippen molar-refractivity contribution in [3.63, 3.8) is 0 Å². The van der Waals surface area contributed by atoms with E-state index in [-0.39, 0.29) is 0 Å². The first kappa shape index (κ1) is 20.2. The fraction of sp³-hybridized carbons (Fsp3) is 0.286. The maximum absolute atomic E-state index is 13.1. The van der Waals surface area contributed by atoms with E-state index in [4.69, 9.17) is 9.47 Å². The Morgan fingerprint density at radius 3 is 2.24 bits per heavy atom. The Bertz CT molecular complexity index is 909. The van der Waals surface area contributed by atoms with Crippen LogP contribution < -0.4 is 20.1 Å². The number of benzene rings is 2. The maximum atomic E-state index is 13.1. The lowest BCUT2D eigenvalue weighted by Gasteiger charge is -2.25. The molecule has 0 spiro atoms. The first-order valence-electron chi connectivity index (χ1n) is 9.16. The fourth-order valence-electron chi connectivity index (χ4n) is 3.36. The molecule has 0 bridgehead atoms. The molecule has 0 aliphatic carbocycles. The van der Waals surface area contributed by atoms with Gasteiger partial charge in [-0.1, -0.05) is 37.3 Å². The number of anilines is 1. The molecule has 1 saturated heterocycles. The van der Waals surface area contributed by atoms with Crippen molar-refractivity contribution in [3.8, 4) is 11.5 Å². The van der Waals surface area contributed by atoms with Crippen molar-refractivity contribution >= 4 is 23.5 Å². The fourth-order valence-corrected chi connectivity index (χ4v) is 3.36. The van der Waals surface area contributed by atoms with Crippen molar-refractivity contribution in [2.24, 2.45) is 0 Å². The van der Waals surface area contributed by atoms with Crippen LogP contribution in [-0.2, 0) is 15.1 Å². The minimum absolute atomic E-state index is 0.368. The highest BCUT2D eigenvalue weighted by molar-refractivity contribution is 6.10. The Kier molecular flexibility index (Phi) is 5.72. The molecule has 1 fully saturated rings. The molecule has 2 N–H and O–H groups in total. The van der Waals surface area contributed by atoms with Gasteiger partial charge in [0.2, 0.25) is 5.91 Å². The summed E-state index contributed by atoms with van der Waals surface area (Å²) in [5.74, 6) is 0.0470. The average molecular weight is 397 g/mol. The largest absolute Gasteiger partial charge is 0.497 e. The van der Waals surface area contributed by atoms with Gasteiger partial charge in [0.05, 0.1) is 14.2 Å². The summed E-state index contributed by atoms with van der Waals surface area (Å²) in [4.78, 5) is 39.0. The molecule has 2 aromatic carbocycles. The summed E-state index contributed by atoms with van der Waals surface area (Å²) in [6.07, 6.45) is 0.368. The van der Waals surface area contributed by atoms with Crippen LogP contribution in [0.25, 0.3) is 0 Å². The van der Waals surface area contributed by atoms with Crippen LogP contribution in [0.15, 0.2) is 48.5 Å². The molecule has 1 aliphatic heterocycles. The number of ether oxygens (including phenoxy) is 2. The van der Waals surface area contributed by atoms with Crippen LogP contribution in [0, 0.1) is 0 Å². The topological polar surface area (TPSA) is 97.0 Å². The average Bonchev–Trinajstić information content (AvgIpc) is 2.99. The monoisotopic (exact) mass is 397 g/mol. The summed E-state index contributed by atoms with van der Waals surface area (Å²) in [5.41, 5.74) is -0.0537. The molecule has 4 amide bonds. The molecule has 3 rings (SSSR count). The number of amides is 4. The van der Waals surface area contributed by atoms with Crippen LogP contribution in [0.3, 0.4) is 0 Å². The molecule has 1 heterocycles. The Hall–Kier alpha value is -3.55. The summed E-state index contributed by atoms with van der Waals surface area (Å²) < 4.78 is 10.4. The molecule has 1 aliphatic rings. The van der Waals surface area contributed by atoms with E-state index in [1.54, 1.807) is 42.5 Å². The van der Waals surface area contributed by atoms with Crippen molar-refractivity contribution < 1.29 is 23.9 Å². The lowest BCUT2D eigenvalue weighted by atomic mass is 9.87. The molecule has 8 heteroatoms. The van der Waals surface area contributed by atoms with Gasteiger partial charge in [-0.25, -0.2) is 4.79 Å². The quantitative estimate of drug-likeness (QED) is 0.700. The predicted octanol–water partition coefficient (Wildman–Crippen LogP) is 2.50. The van der Waals surface area contributed by atoms with Crippen molar-refractivity contribution in [1.29, 1.82) is 0 Å². The molecule has 152 valence electrons. The lowest BCUT2D eigenvalue weighted by molar-refractivity contribution is -0.134. The van der Waals surface area contributed by atoms with Gasteiger partial charge >= 0.3 is 6.03 Å². The van der Waals surface area contributed by atoms with Crippen molar-refractivity contribution in [2.75, 3.05) is 26.1 Å². The van der Waals surface area contributed by atoms with Crippen LogP contribution in [0.2, 0.25) is 0 Å². The lowest BCUT2D eigenvalue weighted by Crippen LogP contribution is -2.44. The predicted molar refractivity (Wildman–Crippen MR) is 107 cm³/mol. The third-order valence-electron chi connectivity index (χ3n) is 4.91. The number of methoxy groups -OCH3 is 2. The Labute approximate surface area is 168 Å². The summed E-state index contributed by atoms with van der Waals surface area (Å²) >= 11 is 0. The van der Waals surface area contributed by atoms with E-state index < -0.39 is 29.9 Å². The van der Waals surface area contributed by atoms with Crippen LogP contribution >= 0.6 is 0 Å². The van der Waals surface area contributed by atoms with Gasteiger partial charge in [0.15, 0.2) is 0 Å². The number of carbonyl (C=O) groups excluding carboxylic acids is 3. The number of nitrogens with zero attached hydrogens (tertiary/aromatic N) is 1. The number of hydrogen-bond acceptors (Lipinski definition) is 5. The van der Waals surface area contributed by atoms with E-state index in [1.165, 1.54) is 14.2 Å². The van der Waals surface area contributed by atoms with Gasteiger partial charge in [-0.3, -0.25) is 14.5 Å². The zero-order valence-corrected chi connectivity index (χ0v) is 16.5. The smallest absolute Gasteiger partial charge is 0.325 e. The molecule has 0 saturated carbocycles.